The first-order valence-electron chi connectivity index (χ1n) is 6.37. The lowest BCUT2D eigenvalue weighted by Crippen LogP contribution is -2.30. The lowest BCUT2D eigenvalue weighted by molar-refractivity contribution is 0.459. The van der Waals surface area contributed by atoms with Crippen LogP contribution in [-0.4, -0.2) is 32.4 Å². The van der Waals surface area contributed by atoms with Crippen LogP contribution in [0.25, 0.3) is 0 Å². The largest absolute Gasteiger partial charge is 0.330 e. The Labute approximate surface area is 121 Å². The summed E-state index contributed by atoms with van der Waals surface area (Å²) >= 11 is 0. The maximum Gasteiger partial charge on any atom is 0.243 e. The number of rotatable bonds is 4. The van der Waals surface area contributed by atoms with Gasteiger partial charge in [-0.05, 0) is 43.0 Å². The zero-order valence-electron chi connectivity index (χ0n) is 11.1. The van der Waals surface area contributed by atoms with E-state index in [1.807, 2.05) is 19.1 Å². The van der Waals surface area contributed by atoms with Gasteiger partial charge in [0, 0.05) is 13.1 Å². The predicted molar refractivity (Wildman–Crippen MR) is 79.0 cm³/mol. The summed E-state index contributed by atoms with van der Waals surface area (Å²) in [5, 5.41) is 0. The van der Waals surface area contributed by atoms with Crippen LogP contribution in [0.4, 0.5) is 0 Å². The monoisotopic (exact) mass is 304 g/mol. The van der Waals surface area contributed by atoms with E-state index in [1.165, 1.54) is 0 Å². The van der Waals surface area contributed by atoms with Crippen molar-refractivity contribution in [2.75, 3.05) is 19.6 Å². The molecular formula is C13H21ClN2O2S. The zero-order chi connectivity index (χ0) is 13.2. The van der Waals surface area contributed by atoms with Gasteiger partial charge in [0.25, 0.3) is 0 Å². The molecule has 1 fully saturated rings. The Hall–Kier alpha value is -0.620. The standard InChI is InChI=1S/C13H20N2O2S.ClH/c1-2-11-4-3-5-13(8-11)18(16,17)15-7-6-12(9-14)10-15;/h3-5,8,12H,2,6-7,9-10,14H2,1H3;1H. The fourth-order valence-corrected chi connectivity index (χ4v) is 3.88. The fourth-order valence-electron chi connectivity index (χ4n) is 2.28. The van der Waals surface area contributed by atoms with Gasteiger partial charge in [-0.25, -0.2) is 8.42 Å². The van der Waals surface area contributed by atoms with Crippen molar-refractivity contribution in [3.63, 3.8) is 0 Å². The van der Waals surface area contributed by atoms with Crippen LogP contribution < -0.4 is 5.73 Å². The topological polar surface area (TPSA) is 63.4 Å². The van der Waals surface area contributed by atoms with Crippen molar-refractivity contribution in [1.29, 1.82) is 0 Å². The number of aryl methyl sites for hydroxylation is 1. The third-order valence-corrected chi connectivity index (χ3v) is 5.39. The second-order valence-corrected chi connectivity index (χ2v) is 6.69. The van der Waals surface area contributed by atoms with Crippen molar-refractivity contribution in [2.45, 2.75) is 24.7 Å². The summed E-state index contributed by atoms with van der Waals surface area (Å²) in [5.74, 6) is 0.300. The molecule has 0 bridgehead atoms. The maximum atomic E-state index is 12.4. The van der Waals surface area contributed by atoms with Gasteiger partial charge in [0.15, 0.2) is 0 Å². The molecule has 0 saturated carbocycles. The SMILES string of the molecule is CCc1cccc(S(=O)(=O)N2CCC(CN)C2)c1.Cl. The van der Waals surface area contributed by atoms with E-state index in [-0.39, 0.29) is 12.4 Å². The average Bonchev–Trinajstić information content (AvgIpc) is 2.88. The van der Waals surface area contributed by atoms with E-state index in [9.17, 15) is 8.42 Å². The van der Waals surface area contributed by atoms with Crippen molar-refractivity contribution in [3.05, 3.63) is 29.8 Å². The number of sulfonamides is 1. The van der Waals surface area contributed by atoms with Crippen molar-refractivity contribution >= 4 is 22.4 Å². The molecule has 2 rings (SSSR count). The summed E-state index contributed by atoms with van der Waals surface area (Å²) in [4.78, 5) is 0.402. The van der Waals surface area contributed by atoms with Gasteiger partial charge in [-0.3, -0.25) is 0 Å². The molecule has 2 N–H and O–H groups in total. The Morgan fingerprint density at radius 3 is 2.74 bits per heavy atom. The van der Waals surface area contributed by atoms with Crippen LogP contribution in [0, 0.1) is 5.92 Å². The Morgan fingerprint density at radius 1 is 1.42 bits per heavy atom. The lowest BCUT2D eigenvalue weighted by Gasteiger charge is -2.16. The molecule has 1 aromatic carbocycles. The molecular weight excluding hydrogens is 284 g/mol. The van der Waals surface area contributed by atoms with Crippen molar-refractivity contribution < 1.29 is 8.42 Å². The smallest absolute Gasteiger partial charge is 0.243 e. The Morgan fingerprint density at radius 2 is 2.16 bits per heavy atom. The van der Waals surface area contributed by atoms with Gasteiger partial charge in [0.05, 0.1) is 4.90 Å². The minimum absolute atomic E-state index is 0. The summed E-state index contributed by atoms with van der Waals surface area (Å²) < 4.78 is 26.5. The number of hydrogen-bond donors (Lipinski definition) is 1. The van der Waals surface area contributed by atoms with Crippen LogP contribution >= 0.6 is 12.4 Å². The molecule has 1 unspecified atom stereocenters. The second kappa shape index (κ2) is 6.70. The molecule has 1 heterocycles. The Bertz CT molecular complexity index is 519. The second-order valence-electron chi connectivity index (χ2n) is 4.75. The van der Waals surface area contributed by atoms with Crippen molar-refractivity contribution in [3.8, 4) is 0 Å². The van der Waals surface area contributed by atoms with E-state index in [0.717, 1.165) is 18.4 Å². The highest BCUT2D eigenvalue weighted by Crippen LogP contribution is 2.24. The van der Waals surface area contributed by atoms with Gasteiger partial charge in [-0.2, -0.15) is 4.31 Å². The molecule has 1 saturated heterocycles. The summed E-state index contributed by atoms with van der Waals surface area (Å²) in [6, 6.07) is 7.20. The molecule has 1 aliphatic rings. The highest BCUT2D eigenvalue weighted by molar-refractivity contribution is 7.89. The van der Waals surface area contributed by atoms with Crippen LogP contribution in [0.3, 0.4) is 0 Å². The van der Waals surface area contributed by atoms with Crippen LogP contribution in [0.2, 0.25) is 0 Å². The molecule has 1 atom stereocenters. The molecule has 0 spiro atoms. The van der Waals surface area contributed by atoms with E-state index < -0.39 is 10.0 Å². The van der Waals surface area contributed by atoms with Crippen molar-refractivity contribution in [2.24, 2.45) is 11.7 Å². The number of nitrogens with zero attached hydrogens (tertiary/aromatic N) is 1. The first-order valence-corrected chi connectivity index (χ1v) is 7.81. The van der Waals surface area contributed by atoms with E-state index in [1.54, 1.807) is 16.4 Å². The molecule has 6 heteroatoms. The van der Waals surface area contributed by atoms with Gasteiger partial charge >= 0.3 is 0 Å². The lowest BCUT2D eigenvalue weighted by atomic mass is 10.1. The quantitative estimate of drug-likeness (QED) is 0.920. The molecule has 108 valence electrons. The molecule has 4 nitrogen and oxygen atoms in total. The van der Waals surface area contributed by atoms with Crippen LogP contribution in [-0.2, 0) is 16.4 Å². The molecule has 19 heavy (non-hydrogen) atoms. The average molecular weight is 305 g/mol. The summed E-state index contributed by atoms with van der Waals surface area (Å²) in [5.41, 5.74) is 6.65. The summed E-state index contributed by atoms with van der Waals surface area (Å²) in [6.07, 6.45) is 1.71. The third kappa shape index (κ3) is 3.48. The Balaban J connectivity index is 0.00000180. The third-order valence-electron chi connectivity index (χ3n) is 3.53. The predicted octanol–water partition coefficient (Wildman–Crippen LogP) is 1.64. The minimum atomic E-state index is -3.34. The van der Waals surface area contributed by atoms with Gasteiger partial charge in [0.1, 0.15) is 0 Å². The number of hydrogen-bond acceptors (Lipinski definition) is 3. The first-order chi connectivity index (χ1) is 8.57. The molecule has 1 aromatic rings. The number of nitrogens with two attached hydrogens (primary N) is 1. The van der Waals surface area contributed by atoms with Crippen molar-refractivity contribution in [1.82, 2.24) is 4.31 Å². The van der Waals surface area contributed by atoms with E-state index >= 15 is 0 Å². The zero-order valence-corrected chi connectivity index (χ0v) is 12.7. The van der Waals surface area contributed by atoms with Gasteiger partial charge in [-0.1, -0.05) is 19.1 Å². The highest BCUT2D eigenvalue weighted by Gasteiger charge is 2.31. The molecule has 0 aliphatic carbocycles. The van der Waals surface area contributed by atoms with E-state index in [4.69, 9.17) is 5.73 Å². The summed E-state index contributed by atoms with van der Waals surface area (Å²) in [6.45, 7) is 3.71. The van der Waals surface area contributed by atoms with E-state index in [0.29, 0.717) is 30.4 Å². The maximum absolute atomic E-state index is 12.4. The molecule has 0 amide bonds. The number of halogens is 1. The Kier molecular flexibility index (Phi) is 5.80. The molecule has 0 aromatic heterocycles. The van der Waals surface area contributed by atoms with Crippen LogP contribution in [0.15, 0.2) is 29.2 Å². The van der Waals surface area contributed by atoms with Crippen LogP contribution in [0.1, 0.15) is 18.9 Å². The number of benzene rings is 1. The van der Waals surface area contributed by atoms with Crippen LogP contribution in [0.5, 0.6) is 0 Å². The highest BCUT2D eigenvalue weighted by atomic mass is 35.5. The first kappa shape index (κ1) is 16.4. The summed E-state index contributed by atoms with van der Waals surface area (Å²) in [7, 11) is -3.34. The molecule has 1 aliphatic heterocycles. The van der Waals surface area contributed by atoms with E-state index in [2.05, 4.69) is 0 Å². The fraction of sp³-hybridized carbons (Fsp3) is 0.538. The van der Waals surface area contributed by atoms with Gasteiger partial charge < -0.3 is 5.73 Å². The molecule has 0 radical (unpaired) electrons. The minimum Gasteiger partial charge on any atom is -0.330 e. The van der Waals surface area contributed by atoms with Gasteiger partial charge in [0.2, 0.25) is 10.0 Å². The normalized spacial score (nSPS) is 20.2. The van der Waals surface area contributed by atoms with Gasteiger partial charge in [-0.15, -0.1) is 12.4 Å².